The van der Waals surface area contributed by atoms with E-state index in [2.05, 4.69) is 50.4 Å². The third-order valence-corrected chi connectivity index (χ3v) is 4.28. The summed E-state index contributed by atoms with van der Waals surface area (Å²) in [6, 6.07) is 10.8. The van der Waals surface area contributed by atoms with Crippen LogP contribution in [0.2, 0.25) is 0 Å². The topological polar surface area (TPSA) is 35.8 Å². The maximum atomic E-state index is 9.56. The van der Waals surface area contributed by atoms with Crippen molar-refractivity contribution >= 4 is 5.69 Å². The normalized spacial score (nSPS) is 31.7. The van der Waals surface area contributed by atoms with Gasteiger partial charge in [0.25, 0.3) is 0 Å². The minimum Gasteiger partial charge on any atom is -0.367 e. The summed E-state index contributed by atoms with van der Waals surface area (Å²) in [6.45, 7) is 6.63. The van der Waals surface area contributed by atoms with Crippen LogP contribution in [0, 0.1) is 30.1 Å². The van der Waals surface area contributed by atoms with Gasteiger partial charge in [-0.15, -0.1) is 0 Å². The Bertz CT molecular complexity index is 460. The summed E-state index contributed by atoms with van der Waals surface area (Å²) in [7, 11) is 0. The second-order valence-electron chi connectivity index (χ2n) is 5.89. The van der Waals surface area contributed by atoms with Crippen LogP contribution in [-0.4, -0.2) is 5.54 Å². The lowest BCUT2D eigenvalue weighted by Crippen LogP contribution is -2.43. The lowest BCUT2D eigenvalue weighted by Gasteiger charge is -2.39. The van der Waals surface area contributed by atoms with Crippen LogP contribution in [0.15, 0.2) is 24.3 Å². The van der Waals surface area contributed by atoms with Gasteiger partial charge in [-0.2, -0.15) is 5.26 Å². The number of nitrogens with zero attached hydrogens (tertiary/aromatic N) is 1. The maximum absolute atomic E-state index is 9.56. The summed E-state index contributed by atoms with van der Waals surface area (Å²) in [4.78, 5) is 0. The van der Waals surface area contributed by atoms with E-state index in [0.29, 0.717) is 5.92 Å². The average molecular weight is 242 g/mol. The molecule has 2 heteroatoms. The first kappa shape index (κ1) is 13.0. The highest BCUT2D eigenvalue weighted by molar-refractivity contribution is 5.49. The van der Waals surface area contributed by atoms with Gasteiger partial charge in [0.2, 0.25) is 0 Å². The number of hydrogen-bond donors (Lipinski definition) is 1. The minimum absolute atomic E-state index is 0.375. The van der Waals surface area contributed by atoms with E-state index < -0.39 is 0 Å². The van der Waals surface area contributed by atoms with E-state index in [9.17, 15) is 5.26 Å². The maximum Gasteiger partial charge on any atom is 0.125 e. The fraction of sp³-hybridized carbons (Fsp3) is 0.562. The predicted molar refractivity (Wildman–Crippen MR) is 75.3 cm³/mol. The van der Waals surface area contributed by atoms with Gasteiger partial charge in [0.05, 0.1) is 6.07 Å². The molecule has 0 saturated heterocycles. The van der Waals surface area contributed by atoms with Gasteiger partial charge < -0.3 is 5.32 Å². The highest BCUT2D eigenvalue weighted by Gasteiger charge is 2.37. The lowest BCUT2D eigenvalue weighted by atomic mass is 9.72. The van der Waals surface area contributed by atoms with E-state index in [1.165, 1.54) is 5.56 Å². The molecule has 0 radical (unpaired) electrons. The summed E-state index contributed by atoms with van der Waals surface area (Å²) in [5, 5.41) is 13.0. The summed E-state index contributed by atoms with van der Waals surface area (Å²) in [5.41, 5.74) is 1.92. The van der Waals surface area contributed by atoms with Crippen molar-refractivity contribution in [1.82, 2.24) is 0 Å². The standard InChI is InChI=1S/C16H22N2/c1-12-5-4-6-15(9-12)18-16(11-17)8-7-13(2)14(3)10-16/h4-6,9,13-14,18H,7-8,10H2,1-3H3. The van der Waals surface area contributed by atoms with Gasteiger partial charge in [0.1, 0.15) is 5.54 Å². The molecule has 3 unspecified atom stereocenters. The summed E-state index contributed by atoms with van der Waals surface area (Å²) >= 11 is 0. The van der Waals surface area contributed by atoms with Crippen molar-refractivity contribution in [2.45, 2.75) is 45.6 Å². The van der Waals surface area contributed by atoms with E-state index in [4.69, 9.17) is 0 Å². The second-order valence-corrected chi connectivity index (χ2v) is 5.89. The summed E-state index contributed by atoms with van der Waals surface area (Å²) in [5.74, 6) is 1.33. The largest absolute Gasteiger partial charge is 0.367 e. The molecule has 1 aliphatic rings. The van der Waals surface area contributed by atoms with Crippen LogP contribution < -0.4 is 5.32 Å². The van der Waals surface area contributed by atoms with Gasteiger partial charge in [-0.1, -0.05) is 26.0 Å². The number of hydrogen-bond acceptors (Lipinski definition) is 2. The molecular formula is C16H22N2. The van der Waals surface area contributed by atoms with Gasteiger partial charge >= 0.3 is 0 Å². The summed E-state index contributed by atoms with van der Waals surface area (Å²) in [6.07, 6.45) is 3.02. The van der Waals surface area contributed by atoms with E-state index >= 15 is 0 Å². The van der Waals surface area contributed by atoms with Gasteiger partial charge in [0, 0.05) is 5.69 Å². The molecule has 96 valence electrons. The van der Waals surface area contributed by atoms with Crippen molar-refractivity contribution in [3.63, 3.8) is 0 Å². The van der Waals surface area contributed by atoms with E-state index in [-0.39, 0.29) is 5.54 Å². The smallest absolute Gasteiger partial charge is 0.125 e. The molecule has 1 aromatic rings. The van der Waals surface area contributed by atoms with Gasteiger partial charge in [-0.25, -0.2) is 0 Å². The highest BCUT2D eigenvalue weighted by Crippen LogP contribution is 2.38. The zero-order valence-electron chi connectivity index (χ0n) is 11.5. The molecule has 0 aromatic heterocycles. The third-order valence-electron chi connectivity index (χ3n) is 4.28. The van der Waals surface area contributed by atoms with Gasteiger partial charge in [0.15, 0.2) is 0 Å². The van der Waals surface area contributed by atoms with Crippen LogP contribution in [-0.2, 0) is 0 Å². The Balaban J connectivity index is 2.17. The van der Waals surface area contributed by atoms with Crippen molar-refractivity contribution < 1.29 is 0 Å². The Morgan fingerprint density at radius 2 is 2.11 bits per heavy atom. The Hall–Kier alpha value is -1.49. The lowest BCUT2D eigenvalue weighted by molar-refractivity contribution is 0.226. The molecule has 0 aliphatic heterocycles. The van der Waals surface area contributed by atoms with Crippen molar-refractivity contribution in [2.24, 2.45) is 11.8 Å². The molecule has 3 atom stereocenters. The molecule has 1 aromatic carbocycles. The van der Waals surface area contributed by atoms with E-state index in [1.54, 1.807) is 0 Å². The predicted octanol–water partition coefficient (Wildman–Crippen LogP) is 4.13. The van der Waals surface area contributed by atoms with Crippen molar-refractivity contribution in [3.8, 4) is 6.07 Å². The van der Waals surface area contributed by atoms with Gasteiger partial charge in [-0.3, -0.25) is 0 Å². The van der Waals surface area contributed by atoms with Crippen LogP contribution in [0.5, 0.6) is 0 Å². The van der Waals surface area contributed by atoms with E-state index in [1.807, 2.05) is 6.07 Å². The first-order valence-electron chi connectivity index (χ1n) is 6.81. The minimum atomic E-state index is -0.375. The Labute approximate surface area is 110 Å². The fourth-order valence-corrected chi connectivity index (χ4v) is 2.85. The Kier molecular flexibility index (Phi) is 3.61. The zero-order valence-corrected chi connectivity index (χ0v) is 11.5. The molecule has 1 aliphatic carbocycles. The molecule has 0 bridgehead atoms. The number of nitrogens with one attached hydrogen (secondary N) is 1. The molecule has 2 rings (SSSR count). The fourth-order valence-electron chi connectivity index (χ4n) is 2.85. The van der Waals surface area contributed by atoms with Crippen LogP contribution in [0.3, 0.4) is 0 Å². The first-order chi connectivity index (χ1) is 8.54. The monoisotopic (exact) mass is 242 g/mol. The number of anilines is 1. The van der Waals surface area contributed by atoms with Crippen LogP contribution in [0.25, 0.3) is 0 Å². The summed E-state index contributed by atoms with van der Waals surface area (Å²) < 4.78 is 0. The molecule has 18 heavy (non-hydrogen) atoms. The van der Waals surface area contributed by atoms with Gasteiger partial charge in [-0.05, 0) is 55.7 Å². The molecule has 0 heterocycles. The second kappa shape index (κ2) is 5.02. The number of benzene rings is 1. The molecule has 2 nitrogen and oxygen atoms in total. The molecule has 1 saturated carbocycles. The third kappa shape index (κ3) is 2.67. The number of rotatable bonds is 2. The molecule has 1 fully saturated rings. The zero-order chi connectivity index (χ0) is 13.2. The van der Waals surface area contributed by atoms with Crippen molar-refractivity contribution in [3.05, 3.63) is 29.8 Å². The first-order valence-corrected chi connectivity index (χ1v) is 6.81. The SMILES string of the molecule is Cc1cccc(NC2(C#N)CCC(C)C(C)C2)c1. The highest BCUT2D eigenvalue weighted by atomic mass is 15.0. The van der Waals surface area contributed by atoms with E-state index in [0.717, 1.165) is 30.9 Å². The average Bonchev–Trinajstić information content (AvgIpc) is 2.34. The number of aryl methyl sites for hydroxylation is 1. The Morgan fingerprint density at radius 1 is 1.33 bits per heavy atom. The van der Waals surface area contributed by atoms with Crippen molar-refractivity contribution in [1.29, 1.82) is 5.26 Å². The van der Waals surface area contributed by atoms with Crippen LogP contribution in [0.1, 0.15) is 38.7 Å². The Morgan fingerprint density at radius 3 is 2.72 bits per heavy atom. The quantitative estimate of drug-likeness (QED) is 0.846. The van der Waals surface area contributed by atoms with Crippen molar-refractivity contribution in [2.75, 3.05) is 5.32 Å². The molecular weight excluding hydrogens is 220 g/mol. The molecule has 0 amide bonds. The van der Waals surface area contributed by atoms with Crippen LogP contribution in [0.4, 0.5) is 5.69 Å². The molecule has 0 spiro atoms. The molecule has 1 N–H and O–H groups in total. The number of nitriles is 1. The van der Waals surface area contributed by atoms with Crippen LogP contribution >= 0.6 is 0 Å².